The maximum atomic E-state index is 5.70. The highest BCUT2D eigenvalue weighted by molar-refractivity contribution is 5.78. The van der Waals surface area contributed by atoms with Crippen molar-refractivity contribution in [2.24, 2.45) is 10.7 Å². The van der Waals surface area contributed by atoms with Crippen LogP contribution in [0.5, 0.6) is 0 Å². The van der Waals surface area contributed by atoms with E-state index in [1.54, 1.807) is 7.05 Å². The van der Waals surface area contributed by atoms with E-state index in [9.17, 15) is 0 Å². The summed E-state index contributed by atoms with van der Waals surface area (Å²) in [4.78, 5) is 8.32. The minimum absolute atomic E-state index is 0.640. The van der Waals surface area contributed by atoms with Gasteiger partial charge in [0.25, 0.3) is 0 Å². The standard InChI is InChI=1S/C9H18N4/c1-8(2)12-4-6-13(7-5-12)9(10)11-3/h1,4-7H2,2-3H3,(H2,10,11). The molecule has 0 aliphatic carbocycles. The van der Waals surface area contributed by atoms with Crippen LogP contribution in [0.2, 0.25) is 0 Å². The molecule has 0 saturated carbocycles. The third-order valence-electron chi connectivity index (χ3n) is 2.37. The lowest BCUT2D eigenvalue weighted by molar-refractivity contribution is 0.221. The Bertz CT molecular complexity index is 214. The molecule has 4 heteroatoms. The molecule has 74 valence electrons. The number of rotatable bonds is 1. The Labute approximate surface area is 79.7 Å². The fraction of sp³-hybridized carbons (Fsp3) is 0.667. The first kappa shape index (κ1) is 9.89. The van der Waals surface area contributed by atoms with E-state index in [0.29, 0.717) is 5.96 Å². The van der Waals surface area contributed by atoms with Gasteiger partial charge in [-0.1, -0.05) is 6.58 Å². The zero-order valence-electron chi connectivity index (χ0n) is 8.45. The molecular weight excluding hydrogens is 164 g/mol. The number of hydrogen-bond donors (Lipinski definition) is 1. The van der Waals surface area contributed by atoms with Gasteiger partial charge in [0.2, 0.25) is 0 Å². The molecule has 4 nitrogen and oxygen atoms in total. The maximum Gasteiger partial charge on any atom is 0.191 e. The van der Waals surface area contributed by atoms with Gasteiger partial charge in [-0.3, -0.25) is 4.99 Å². The number of allylic oxidation sites excluding steroid dienone is 1. The van der Waals surface area contributed by atoms with Gasteiger partial charge in [0.15, 0.2) is 5.96 Å². The average Bonchev–Trinajstić information content (AvgIpc) is 2.17. The Hall–Kier alpha value is -1.19. The van der Waals surface area contributed by atoms with Gasteiger partial charge in [-0.05, 0) is 6.92 Å². The van der Waals surface area contributed by atoms with Crippen LogP contribution < -0.4 is 5.73 Å². The van der Waals surface area contributed by atoms with Crippen LogP contribution >= 0.6 is 0 Å². The first-order valence-electron chi connectivity index (χ1n) is 4.53. The highest BCUT2D eigenvalue weighted by atomic mass is 15.3. The number of nitrogens with zero attached hydrogens (tertiary/aromatic N) is 3. The van der Waals surface area contributed by atoms with Crippen LogP contribution in [0.4, 0.5) is 0 Å². The van der Waals surface area contributed by atoms with E-state index in [0.717, 1.165) is 31.9 Å². The van der Waals surface area contributed by atoms with Gasteiger partial charge in [-0.15, -0.1) is 0 Å². The molecule has 0 atom stereocenters. The minimum Gasteiger partial charge on any atom is -0.372 e. The Morgan fingerprint density at radius 3 is 2.08 bits per heavy atom. The van der Waals surface area contributed by atoms with Crippen molar-refractivity contribution in [1.29, 1.82) is 0 Å². The van der Waals surface area contributed by atoms with Crippen LogP contribution in [-0.4, -0.2) is 49.0 Å². The van der Waals surface area contributed by atoms with Gasteiger partial charge in [0.1, 0.15) is 0 Å². The van der Waals surface area contributed by atoms with E-state index in [1.165, 1.54) is 0 Å². The first-order valence-corrected chi connectivity index (χ1v) is 4.53. The Balaban J connectivity index is 2.43. The van der Waals surface area contributed by atoms with E-state index in [2.05, 4.69) is 21.4 Å². The summed E-state index contributed by atoms with van der Waals surface area (Å²) in [6.07, 6.45) is 0. The molecule has 1 saturated heterocycles. The molecule has 0 radical (unpaired) electrons. The minimum atomic E-state index is 0.640. The van der Waals surface area contributed by atoms with Crippen LogP contribution in [-0.2, 0) is 0 Å². The Kier molecular flexibility index (Phi) is 3.17. The predicted molar refractivity (Wildman–Crippen MR) is 55.5 cm³/mol. The summed E-state index contributed by atoms with van der Waals surface area (Å²) in [6.45, 7) is 9.81. The highest BCUT2D eigenvalue weighted by Crippen LogP contribution is 2.06. The van der Waals surface area contributed by atoms with Crippen molar-refractivity contribution in [3.05, 3.63) is 12.3 Å². The molecule has 1 fully saturated rings. The normalized spacial score (nSPS) is 19.1. The third-order valence-corrected chi connectivity index (χ3v) is 2.37. The first-order chi connectivity index (χ1) is 6.15. The van der Waals surface area contributed by atoms with Gasteiger partial charge >= 0.3 is 0 Å². The second-order valence-electron chi connectivity index (χ2n) is 3.29. The quantitative estimate of drug-likeness (QED) is 0.461. The molecule has 0 unspecified atom stereocenters. The molecule has 2 N–H and O–H groups in total. The average molecular weight is 182 g/mol. The second-order valence-corrected chi connectivity index (χ2v) is 3.29. The summed E-state index contributed by atoms with van der Waals surface area (Å²) in [7, 11) is 1.72. The van der Waals surface area contributed by atoms with Crippen LogP contribution in [0.15, 0.2) is 17.3 Å². The van der Waals surface area contributed by atoms with Crippen LogP contribution in [0, 0.1) is 0 Å². The summed E-state index contributed by atoms with van der Waals surface area (Å²) >= 11 is 0. The van der Waals surface area contributed by atoms with E-state index in [-0.39, 0.29) is 0 Å². The summed E-state index contributed by atoms with van der Waals surface area (Å²) in [5.41, 5.74) is 6.84. The number of nitrogens with two attached hydrogens (primary N) is 1. The van der Waals surface area contributed by atoms with Crippen LogP contribution in [0.1, 0.15) is 6.92 Å². The SMILES string of the molecule is C=C(C)N1CCN(C(N)=NC)CC1. The van der Waals surface area contributed by atoms with Crippen molar-refractivity contribution in [2.45, 2.75) is 6.92 Å². The van der Waals surface area contributed by atoms with Gasteiger partial charge in [-0.25, -0.2) is 0 Å². The zero-order valence-corrected chi connectivity index (χ0v) is 8.45. The number of guanidine groups is 1. The van der Waals surface area contributed by atoms with Gasteiger partial charge in [-0.2, -0.15) is 0 Å². The molecule has 0 spiro atoms. The fourth-order valence-corrected chi connectivity index (χ4v) is 1.46. The summed E-state index contributed by atoms with van der Waals surface area (Å²) < 4.78 is 0. The highest BCUT2D eigenvalue weighted by Gasteiger charge is 2.16. The zero-order chi connectivity index (χ0) is 9.84. The van der Waals surface area contributed by atoms with E-state index >= 15 is 0 Å². The second kappa shape index (κ2) is 4.16. The van der Waals surface area contributed by atoms with E-state index < -0.39 is 0 Å². The molecule has 0 aromatic heterocycles. The lowest BCUT2D eigenvalue weighted by Gasteiger charge is -2.36. The van der Waals surface area contributed by atoms with Crippen molar-refractivity contribution in [3.63, 3.8) is 0 Å². The molecular formula is C9H18N4. The molecule has 1 aliphatic heterocycles. The third kappa shape index (κ3) is 2.37. The molecule has 1 rings (SSSR count). The van der Waals surface area contributed by atoms with Crippen molar-refractivity contribution < 1.29 is 0 Å². The predicted octanol–water partition coefficient (Wildman–Crippen LogP) is 0.0821. The van der Waals surface area contributed by atoms with Gasteiger partial charge < -0.3 is 15.5 Å². The van der Waals surface area contributed by atoms with Crippen LogP contribution in [0.25, 0.3) is 0 Å². The summed E-state index contributed by atoms with van der Waals surface area (Å²) in [6, 6.07) is 0. The largest absolute Gasteiger partial charge is 0.372 e. The van der Waals surface area contributed by atoms with Crippen molar-refractivity contribution >= 4 is 5.96 Å². The fourth-order valence-electron chi connectivity index (χ4n) is 1.46. The van der Waals surface area contributed by atoms with Crippen LogP contribution in [0.3, 0.4) is 0 Å². The van der Waals surface area contributed by atoms with E-state index in [1.807, 2.05) is 6.92 Å². The maximum absolute atomic E-state index is 5.70. The van der Waals surface area contributed by atoms with Gasteiger partial charge in [0, 0.05) is 38.9 Å². The number of piperazine rings is 1. The molecule has 0 aromatic carbocycles. The molecule has 0 aromatic rings. The molecule has 1 heterocycles. The number of hydrogen-bond acceptors (Lipinski definition) is 2. The molecule has 0 bridgehead atoms. The molecule has 13 heavy (non-hydrogen) atoms. The molecule has 0 amide bonds. The molecule has 1 aliphatic rings. The lowest BCUT2D eigenvalue weighted by atomic mass is 10.3. The summed E-state index contributed by atoms with van der Waals surface area (Å²) in [5, 5.41) is 0. The number of aliphatic imine (C=N–C) groups is 1. The van der Waals surface area contributed by atoms with Crippen molar-refractivity contribution in [1.82, 2.24) is 9.80 Å². The van der Waals surface area contributed by atoms with E-state index in [4.69, 9.17) is 5.73 Å². The lowest BCUT2D eigenvalue weighted by Crippen LogP contribution is -2.50. The smallest absolute Gasteiger partial charge is 0.191 e. The Morgan fingerprint density at radius 1 is 1.23 bits per heavy atom. The Morgan fingerprint density at radius 2 is 1.69 bits per heavy atom. The monoisotopic (exact) mass is 182 g/mol. The van der Waals surface area contributed by atoms with Gasteiger partial charge in [0.05, 0.1) is 0 Å². The van der Waals surface area contributed by atoms with Crippen molar-refractivity contribution in [3.8, 4) is 0 Å². The van der Waals surface area contributed by atoms with Crippen molar-refractivity contribution in [2.75, 3.05) is 33.2 Å². The topological polar surface area (TPSA) is 44.9 Å². The summed E-state index contributed by atoms with van der Waals surface area (Å²) in [5.74, 6) is 0.640.